The maximum atomic E-state index is 5.90. The third kappa shape index (κ3) is 4.11. The average molecular weight is 249 g/mol. The molecule has 1 unspecified atom stereocenters. The summed E-state index contributed by atoms with van der Waals surface area (Å²) in [7, 11) is 1.99. The van der Waals surface area contributed by atoms with Gasteiger partial charge in [0.25, 0.3) is 0 Å². The summed E-state index contributed by atoms with van der Waals surface area (Å²) in [6.07, 6.45) is 0. The number of hydrogen-bond acceptors (Lipinski definition) is 2. The Bertz CT molecular complexity index is 404. The molecule has 0 aliphatic rings. The molecule has 2 heteroatoms. The van der Waals surface area contributed by atoms with Crippen LogP contribution < -0.4 is 5.32 Å². The summed E-state index contributed by atoms with van der Waals surface area (Å²) in [5.41, 5.74) is 5.26. The topological polar surface area (TPSA) is 21.3 Å². The van der Waals surface area contributed by atoms with Crippen LogP contribution in [-0.2, 0) is 4.74 Å². The van der Waals surface area contributed by atoms with Gasteiger partial charge < -0.3 is 10.1 Å². The molecule has 0 aromatic heterocycles. The number of rotatable bonds is 4. The fourth-order valence-electron chi connectivity index (χ4n) is 2.02. The van der Waals surface area contributed by atoms with Gasteiger partial charge >= 0.3 is 0 Å². The van der Waals surface area contributed by atoms with E-state index in [2.05, 4.69) is 59.0 Å². The number of nitrogens with one attached hydrogen (secondary N) is 1. The van der Waals surface area contributed by atoms with Gasteiger partial charge in [-0.25, -0.2) is 0 Å². The molecule has 1 rings (SSSR count). The first-order valence-corrected chi connectivity index (χ1v) is 6.63. The summed E-state index contributed by atoms with van der Waals surface area (Å²) in [5, 5.41) is 3.35. The molecule has 0 bridgehead atoms. The zero-order valence-electron chi connectivity index (χ0n) is 12.8. The van der Waals surface area contributed by atoms with Crippen LogP contribution in [0, 0.1) is 20.8 Å². The molecule has 0 saturated heterocycles. The van der Waals surface area contributed by atoms with Crippen molar-refractivity contribution in [2.75, 3.05) is 13.7 Å². The van der Waals surface area contributed by atoms with Crippen LogP contribution in [0.5, 0.6) is 0 Å². The summed E-state index contributed by atoms with van der Waals surface area (Å²) in [6.45, 7) is 13.5. The largest absolute Gasteiger partial charge is 0.374 e. The molecule has 2 nitrogen and oxygen atoms in total. The van der Waals surface area contributed by atoms with E-state index in [1.807, 2.05) is 7.05 Å². The number of likely N-dealkylation sites (N-methyl/N-ethyl adjacent to an activating group) is 1. The van der Waals surface area contributed by atoms with Crippen LogP contribution in [0.1, 0.15) is 49.1 Å². The van der Waals surface area contributed by atoms with Crippen molar-refractivity contribution in [1.29, 1.82) is 0 Å². The van der Waals surface area contributed by atoms with Crippen LogP contribution in [0.25, 0.3) is 0 Å². The van der Waals surface area contributed by atoms with Crippen molar-refractivity contribution < 1.29 is 4.74 Å². The second-order valence-corrected chi connectivity index (χ2v) is 6.06. The molecular weight excluding hydrogens is 222 g/mol. The first-order valence-electron chi connectivity index (χ1n) is 6.63. The monoisotopic (exact) mass is 249 g/mol. The smallest absolute Gasteiger partial charge is 0.0668 e. The minimum Gasteiger partial charge on any atom is -0.374 e. The Morgan fingerprint density at radius 3 is 2.11 bits per heavy atom. The molecule has 0 saturated carbocycles. The van der Waals surface area contributed by atoms with Gasteiger partial charge in [0.05, 0.1) is 18.2 Å². The number of aryl methyl sites for hydroxylation is 3. The average Bonchev–Trinajstić information content (AvgIpc) is 2.24. The maximum absolute atomic E-state index is 5.90. The van der Waals surface area contributed by atoms with E-state index < -0.39 is 0 Å². The molecule has 0 fully saturated rings. The van der Waals surface area contributed by atoms with Crippen LogP contribution in [0.3, 0.4) is 0 Å². The summed E-state index contributed by atoms with van der Waals surface area (Å²) in [5.74, 6) is 0. The summed E-state index contributed by atoms with van der Waals surface area (Å²) < 4.78 is 5.90. The van der Waals surface area contributed by atoms with Gasteiger partial charge in [-0.1, -0.05) is 12.1 Å². The van der Waals surface area contributed by atoms with Gasteiger partial charge in [0.1, 0.15) is 0 Å². The van der Waals surface area contributed by atoms with Gasteiger partial charge in [-0.2, -0.15) is 0 Å². The second kappa shape index (κ2) is 5.85. The minimum atomic E-state index is -0.0945. The van der Waals surface area contributed by atoms with E-state index in [9.17, 15) is 0 Å². The number of ether oxygens (including phenoxy) is 1. The molecule has 0 spiro atoms. The Kier molecular flexibility index (Phi) is 4.94. The highest BCUT2D eigenvalue weighted by Crippen LogP contribution is 2.23. The minimum absolute atomic E-state index is 0.0945. The van der Waals surface area contributed by atoms with Crippen molar-refractivity contribution in [3.8, 4) is 0 Å². The highest BCUT2D eigenvalue weighted by atomic mass is 16.5. The van der Waals surface area contributed by atoms with Crippen LogP contribution >= 0.6 is 0 Å². The van der Waals surface area contributed by atoms with E-state index in [-0.39, 0.29) is 11.6 Å². The number of hydrogen-bond donors (Lipinski definition) is 1. The maximum Gasteiger partial charge on any atom is 0.0668 e. The van der Waals surface area contributed by atoms with Crippen molar-refractivity contribution >= 4 is 0 Å². The lowest BCUT2D eigenvalue weighted by atomic mass is 9.96. The van der Waals surface area contributed by atoms with Gasteiger partial charge in [0, 0.05) is 0 Å². The zero-order valence-corrected chi connectivity index (χ0v) is 12.8. The standard InChI is InChI=1S/C16H27NO/c1-11-8-13(3)14(9-12(11)2)15(17-7)10-18-16(4,5)6/h8-9,15,17H,10H2,1-7H3. The SMILES string of the molecule is CNC(COC(C)(C)C)c1cc(C)c(C)cc1C. The molecule has 0 aliphatic heterocycles. The lowest BCUT2D eigenvalue weighted by Gasteiger charge is -2.26. The van der Waals surface area contributed by atoms with Crippen molar-refractivity contribution in [1.82, 2.24) is 5.32 Å². The Morgan fingerprint density at radius 1 is 1.06 bits per heavy atom. The highest BCUT2D eigenvalue weighted by Gasteiger charge is 2.17. The van der Waals surface area contributed by atoms with E-state index in [1.165, 1.54) is 22.3 Å². The fourth-order valence-corrected chi connectivity index (χ4v) is 2.02. The first kappa shape index (κ1) is 15.2. The molecule has 102 valence electrons. The van der Waals surface area contributed by atoms with Crippen LogP contribution in [0.15, 0.2) is 12.1 Å². The molecule has 0 heterocycles. The Labute approximate surface area is 112 Å². The highest BCUT2D eigenvalue weighted by molar-refractivity contribution is 5.38. The normalized spacial score (nSPS) is 13.7. The van der Waals surface area contributed by atoms with E-state index in [1.54, 1.807) is 0 Å². The van der Waals surface area contributed by atoms with Crippen LogP contribution in [0.2, 0.25) is 0 Å². The molecule has 1 N–H and O–H groups in total. The summed E-state index contributed by atoms with van der Waals surface area (Å²) >= 11 is 0. The number of benzene rings is 1. The van der Waals surface area contributed by atoms with Crippen molar-refractivity contribution in [2.45, 2.75) is 53.2 Å². The van der Waals surface area contributed by atoms with Crippen molar-refractivity contribution in [2.24, 2.45) is 0 Å². The van der Waals surface area contributed by atoms with Gasteiger partial charge in [0.2, 0.25) is 0 Å². The van der Waals surface area contributed by atoms with Crippen LogP contribution in [-0.4, -0.2) is 19.3 Å². The Balaban J connectivity index is 2.92. The van der Waals surface area contributed by atoms with E-state index in [0.29, 0.717) is 6.61 Å². The molecule has 1 aromatic rings. The van der Waals surface area contributed by atoms with Gasteiger partial charge in [-0.15, -0.1) is 0 Å². The Hall–Kier alpha value is -0.860. The summed E-state index contributed by atoms with van der Waals surface area (Å²) in [6, 6.07) is 4.78. The first-order chi connectivity index (χ1) is 8.24. The molecular formula is C16H27NO. The predicted molar refractivity (Wildman–Crippen MR) is 78.2 cm³/mol. The molecule has 0 aliphatic carbocycles. The lowest BCUT2D eigenvalue weighted by Crippen LogP contribution is -2.28. The van der Waals surface area contributed by atoms with E-state index in [0.717, 1.165) is 0 Å². The third-order valence-corrected chi connectivity index (χ3v) is 3.29. The quantitative estimate of drug-likeness (QED) is 0.878. The van der Waals surface area contributed by atoms with E-state index in [4.69, 9.17) is 4.74 Å². The summed E-state index contributed by atoms with van der Waals surface area (Å²) in [4.78, 5) is 0. The predicted octanol–water partition coefficient (Wildman–Crippen LogP) is 3.69. The van der Waals surface area contributed by atoms with Crippen LogP contribution in [0.4, 0.5) is 0 Å². The molecule has 0 radical (unpaired) electrons. The molecule has 18 heavy (non-hydrogen) atoms. The van der Waals surface area contributed by atoms with Gasteiger partial charge in [-0.05, 0) is 70.8 Å². The fraction of sp³-hybridized carbons (Fsp3) is 0.625. The second-order valence-electron chi connectivity index (χ2n) is 6.06. The molecule has 1 atom stereocenters. The molecule has 1 aromatic carbocycles. The van der Waals surface area contributed by atoms with Gasteiger partial charge in [-0.3, -0.25) is 0 Å². The van der Waals surface area contributed by atoms with E-state index >= 15 is 0 Å². The molecule has 0 amide bonds. The Morgan fingerprint density at radius 2 is 1.61 bits per heavy atom. The van der Waals surface area contributed by atoms with Crippen molar-refractivity contribution in [3.63, 3.8) is 0 Å². The lowest BCUT2D eigenvalue weighted by molar-refractivity contribution is -0.0140. The van der Waals surface area contributed by atoms with Gasteiger partial charge in [0.15, 0.2) is 0 Å². The van der Waals surface area contributed by atoms with Crippen molar-refractivity contribution in [3.05, 3.63) is 34.4 Å². The zero-order chi connectivity index (χ0) is 13.9. The third-order valence-electron chi connectivity index (χ3n) is 3.29.